The molecule has 0 aliphatic carbocycles. The standard InChI is InChI=1S/C24H38O4.C10H14/c1-3-5-7-9-11-15-19-27-23(25)21-17-13-14-18-22(21)24(26)28-20-16-12-10-8-6-4-2;1-3-9-7-5-6-8-10(9)4-2/h13-14,17-18H,3-12,15-16,19-20H2,1-2H3;5-8H,3-4H2,1-2H3. The maximum Gasteiger partial charge on any atom is 0.339 e. The number of hydrogen-bond donors (Lipinski definition) is 0. The van der Waals surface area contributed by atoms with E-state index >= 15 is 0 Å². The lowest BCUT2D eigenvalue weighted by Crippen LogP contribution is -2.15. The SMILES string of the molecule is CCCCCCCCOC(=O)c1ccccc1C(=O)OCCCCCCCC.CCc1ccccc1CC. The Morgan fingerprint density at radius 3 is 1.21 bits per heavy atom. The molecule has 0 spiro atoms. The van der Waals surface area contributed by atoms with Gasteiger partial charge in [-0.05, 0) is 48.9 Å². The van der Waals surface area contributed by atoms with Gasteiger partial charge < -0.3 is 9.47 Å². The zero-order chi connectivity index (χ0) is 27.8. The largest absolute Gasteiger partial charge is 0.462 e. The van der Waals surface area contributed by atoms with Gasteiger partial charge in [-0.15, -0.1) is 0 Å². The van der Waals surface area contributed by atoms with Crippen molar-refractivity contribution in [2.24, 2.45) is 0 Å². The molecule has 38 heavy (non-hydrogen) atoms. The van der Waals surface area contributed by atoms with Crippen molar-refractivity contribution in [3.63, 3.8) is 0 Å². The van der Waals surface area contributed by atoms with Crippen LogP contribution in [0.5, 0.6) is 0 Å². The number of ether oxygens (including phenoxy) is 2. The Morgan fingerprint density at radius 1 is 0.500 bits per heavy atom. The molecule has 2 aromatic rings. The van der Waals surface area contributed by atoms with E-state index in [4.69, 9.17) is 9.47 Å². The van der Waals surface area contributed by atoms with Gasteiger partial charge in [-0.2, -0.15) is 0 Å². The van der Waals surface area contributed by atoms with E-state index in [1.165, 1.54) is 62.5 Å². The summed E-state index contributed by atoms with van der Waals surface area (Å²) in [7, 11) is 0. The fourth-order valence-electron chi connectivity index (χ4n) is 4.34. The van der Waals surface area contributed by atoms with Crippen molar-refractivity contribution in [1.29, 1.82) is 0 Å². The highest BCUT2D eigenvalue weighted by Gasteiger charge is 2.18. The molecular formula is C34H52O4. The van der Waals surface area contributed by atoms with E-state index < -0.39 is 11.9 Å². The first-order valence-electron chi connectivity index (χ1n) is 15.1. The maximum absolute atomic E-state index is 12.4. The highest BCUT2D eigenvalue weighted by Crippen LogP contribution is 2.14. The molecule has 0 saturated heterocycles. The van der Waals surface area contributed by atoms with Gasteiger partial charge in [-0.3, -0.25) is 0 Å². The molecule has 0 aliphatic heterocycles. The van der Waals surface area contributed by atoms with E-state index in [2.05, 4.69) is 52.0 Å². The van der Waals surface area contributed by atoms with E-state index in [0.29, 0.717) is 24.3 Å². The van der Waals surface area contributed by atoms with Gasteiger partial charge in [0.25, 0.3) is 0 Å². The normalized spacial score (nSPS) is 10.4. The lowest BCUT2D eigenvalue weighted by atomic mass is 10.0. The number of carbonyl (C=O) groups excluding carboxylic acids is 2. The van der Waals surface area contributed by atoms with E-state index in [9.17, 15) is 9.59 Å². The molecule has 4 heteroatoms. The molecule has 0 amide bonds. The molecule has 0 unspecified atom stereocenters. The zero-order valence-electron chi connectivity index (χ0n) is 24.6. The predicted molar refractivity (Wildman–Crippen MR) is 159 cm³/mol. The van der Waals surface area contributed by atoms with Crippen molar-refractivity contribution in [2.45, 2.75) is 118 Å². The lowest BCUT2D eigenvalue weighted by molar-refractivity contribution is 0.0450. The van der Waals surface area contributed by atoms with E-state index in [1.54, 1.807) is 24.3 Å². The van der Waals surface area contributed by atoms with Crippen LogP contribution in [0, 0.1) is 0 Å². The fraction of sp³-hybridized carbons (Fsp3) is 0.588. The highest BCUT2D eigenvalue weighted by atomic mass is 16.5. The molecule has 0 aliphatic rings. The Hall–Kier alpha value is -2.62. The van der Waals surface area contributed by atoms with Crippen LogP contribution in [-0.2, 0) is 22.3 Å². The van der Waals surface area contributed by atoms with Gasteiger partial charge in [0.15, 0.2) is 0 Å². The first-order chi connectivity index (χ1) is 18.6. The van der Waals surface area contributed by atoms with Crippen molar-refractivity contribution in [3.8, 4) is 0 Å². The molecule has 0 saturated carbocycles. The minimum Gasteiger partial charge on any atom is -0.462 e. The number of hydrogen-bond acceptors (Lipinski definition) is 4. The molecule has 0 fully saturated rings. The maximum atomic E-state index is 12.4. The van der Waals surface area contributed by atoms with E-state index in [0.717, 1.165) is 38.5 Å². The van der Waals surface area contributed by atoms with Crippen molar-refractivity contribution in [2.75, 3.05) is 13.2 Å². The number of benzene rings is 2. The van der Waals surface area contributed by atoms with Crippen molar-refractivity contribution >= 4 is 11.9 Å². The van der Waals surface area contributed by atoms with Crippen LogP contribution in [0.2, 0.25) is 0 Å². The van der Waals surface area contributed by atoms with Gasteiger partial charge in [0.2, 0.25) is 0 Å². The number of aryl methyl sites for hydroxylation is 2. The molecule has 212 valence electrons. The average molecular weight is 525 g/mol. The van der Waals surface area contributed by atoms with Gasteiger partial charge in [0.1, 0.15) is 0 Å². The van der Waals surface area contributed by atoms with Crippen LogP contribution >= 0.6 is 0 Å². The summed E-state index contributed by atoms with van der Waals surface area (Å²) < 4.78 is 10.7. The van der Waals surface area contributed by atoms with Crippen LogP contribution in [-0.4, -0.2) is 25.2 Å². The highest BCUT2D eigenvalue weighted by molar-refractivity contribution is 6.03. The summed E-state index contributed by atoms with van der Waals surface area (Å²) in [6, 6.07) is 15.4. The molecule has 0 N–H and O–H groups in total. The van der Waals surface area contributed by atoms with Crippen molar-refractivity contribution in [1.82, 2.24) is 0 Å². The summed E-state index contributed by atoms with van der Waals surface area (Å²) in [5, 5.41) is 0. The van der Waals surface area contributed by atoms with Gasteiger partial charge >= 0.3 is 11.9 Å². The van der Waals surface area contributed by atoms with Crippen LogP contribution in [0.15, 0.2) is 48.5 Å². The fourth-order valence-corrected chi connectivity index (χ4v) is 4.34. The Bertz CT molecular complexity index is 818. The zero-order valence-corrected chi connectivity index (χ0v) is 24.6. The Kier molecular flexibility index (Phi) is 19.7. The van der Waals surface area contributed by atoms with E-state index in [-0.39, 0.29) is 0 Å². The summed E-state index contributed by atoms with van der Waals surface area (Å²) in [5.74, 6) is -0.888. The minimum absolute atomic E-state index is 0.293. The third kappa shape index (κ3) is 14.4. The Morgan fingerprint density at radius 2 is 0.842 bits per heavy atom. The Balaban J connectivity index is 0.000000600. The molecule has 0 aromatic heterocycles. The van der Waals surface area contributed by atoms with Gasteiger partial charge in [-0.1, -0.05) is 128 Å². The third-order valence-electron chi connectivity index (χ3n) is 6.71. The first kappa shape index (κ1) is 33.4. The second-order valence-electron chi connectivity index (χ2n) is 9.83. The summed E-state index contributed by atoms with van der Waals surface area (Å²) in [5.41, 5.74) is 3.57. The predicted octanol–water partition coefficient (Wildman–Crippen LogP) is 9.53. The van der Waals surface area contributed by atoms with Gasteiger partial charge in [0.05, 0.1) is 24.3 Å². The van der Waals surface area contributed by atoms with Crippen LogP contribution < -0.4 is 0 Å². The topological polar surface area (TPSA) is 52.6 Å². The minimum atomic E-state index is -0.444. The van der Waals surface area contributed by atoms with Crippen molar-refractivity contribution < 1.29 is 19.1 Å². The van der Waals surface area contributed by atoms with Crippen molar-refractivity contribution in [3.05, 3.63) is 70.8 Å². The molecule has 2 rings (SSSR count). The second kappa shape index (κ2) is 22.4. The molecular weight excluding hydrogens is 472 g/mol. The number of carbonyl (C=O) groups is 2. The second-order valence-corrected chi connectivity index (χ2v) is 9.83. The lowest BCUT2D eigenvalue weighted by Gasteiger charge is -2.10. The molecule has 2 aromatic carbocycles. The van der Waals surface area contributed by atoms with E-state index in [1.807, 2.05) is 0 Å². The molecule has 0 atom stereocenters. The molecule has 0 heterocycles. The average Bonchev–Trinajstić information content (AvgIpc) is 2.96. The molecule has 0 bridgehead atoms. The Labute approximate surface area is 232 Å². The molecule has 0 radical (unpaired) electrons. The molecule has 4 nitrogen and oxygen atoms in total. The smallest absolute Gasteiger partial charge is 0.339 e. The van der Waals surface area contributed by atoms with Gasteiger partial charge in [0, 0.05) is 0 Å². The van der Waals surface area contributed by atoms with Crippen LogP contribution in [0.4, 0.5) is 0 Å². The number of rotatable bonds is 18. The van der Waals surface area contributed by atoms with Crippen LogP contribution in [0.3, 0.4) is 0 Å². The number of esters is 2. The van der Waals surface area contributed by atoms with Crippen LogP contribution in [0.25, 0.3) is 0 Å². The third-order valence-corrected chi connectivity index (χ3v) is 6.71. The monoisotopic (exact) mass is 524 g/mol. The van der Waals surface area contributed by atoms with Gasteiger partial charge in [-0.25, -0.2) is 9.59 Å². The summed E-state index contributed by atoms with van der Waals surface area (Å²) in [6.45, 7) is 9.58. The number of unbranched alkanes of at least 4 members (excludes halogenated alkanes) is 10. The summed E-state index contributed by atoms with van der Waals surface area (Å²) >= 11 is 0. The first-order valence-corrected chi connectivity index (χ1v) is 15.1. The van der Waals surface area contributed by atoms with Crippen LogP contribution in [0.1, 0.15) is 137 Å². The summed E-state index contributed by atoms with van der Waals surface area (Å²) in [6.07, 6.45) is 15.9. The quantitative estimate of drug-likeness (QED) is 0.144. The summed E-state index contributed by atoms with van der Waals surface area (Å²) in [4.78, 5) is 24.7.